The molecule has 1 saturated heterocycles. The molecule has 0 bridgehead atoms. The first-order valence-electron chi connectivity index (χ1n) is 7.57. The molecule has 1 aliphatic carbocycles. The largest absolute Gasteiger partial charge is 0.375 e. The van der Waals surface area contributed by atoms with Crippen molar-refractivity contribution in [1.82, 2.24) is 5.43 Å². The molecule has 1 aromatic heterocycles. The van der Waals surface area contributed by atoms with Crippen molar-refractivity contribution in [3.05, 3.63) is 21.3 Å². The molecule has 0 amide bonds. The Kier molecular flexibility index (Phi) is 4.68. The van der Waals surface area contributed by atoms with Gasteiger partial charge in [-0.25, -0.2) is 0 Å². The van der Waals surface area contributed by atoms with E-state index in [1.807, 2.05) is 11.4 Å². The van der Waals surface area contributed by atoms with Gasteiger partial charge < -0.3 is 4.74 Å². The Morgan fingerprint density at radius 2 is 2.20 bits per heavy atom. The first-order chi connectivity index (χ1) is 9.74. The Balaban J connectivity index is 1.76. The first kappa shape index (κ1) is 14.8. The summed E-state index contributed by atoms with van der Waals surface area (Å²) in [6.45, 7) is 0.853. The molecule has 2 heterocycles. The molecule has 0 radical (unpaired) electrons. The van der Waals surface area contributed by atoms with Gasteiger partial charge >= 0.3 is 0 Å². The van der Waals surface area contributed by atoms with Gasteiger partial charge in [-0.05, 0) is 43.0 Å². The smallest absolute Gasteiger partial charge is 0.0686 e. The predicted octanol–water partition coefficient (Wildman–Crippen LogP) is 4.04. The van der Waals surface area contributed by atoms with Crippen LogP contribution in [0.3, 0.4) is 0 Å². The molecular formula is C15H23ClN2OS. The molecule has 2 unspecified atom stereocenters. The molecule has 5 heteroatoms. The van der Waals surface area contributed by atoms with Gasteiger partial charge in [-0.15, -0.1) is 11.3 Å². The number of halogens is 1. The Morgan fingerprint density at radius 1 is 1.40 bits per heavy atom. The van der Waals surface area contributed by atoms with E-state index in [1.165, 1.54) is 37.0 Å². The van der Waals surface area contributed by atoms with E-state index in [1.54, 1.807) is 11.3 Å². The third-order valence-corrected chi connectivity index (χ3v) is 6.32. The van der Waals surface area contributed by atoms with E-state index < -0.39 is 0 Å². The third-order valence-electron chi connectivity index (χ3n) is 4.87. The monoisotopic (exact) mass is 314 g/mol. The van der Waals surface area contributed by atoms with Crippen LogP contribution in [0, 0.1) is 5.92 Å². The number of thiophene rings is 1. The van der Waals surface area contributed by atoms with Crippen LogP contribution in [0.1, 0.15) is 55.9 Å². The van der Waals surface area contributed by atoms with E-state index in [0.717, 1.165) is 24.5 Å². The molecule has 2 aliphatic rings. The summed E-state index contributed by atoms with van der Waals surface area (Å²) in [7, 11) is 0. The highest BCUT2D eigenvalue weighted by atomic mass is 35.5. The number of hydrogen-bond acceptors (Lipinski definition) is 4. The molecule has 0 aromatic carbocycles. The van der Waals surface area contributed by atoms with Gasteiger partial charge in [0.2, 0.25) is 0 Å². The van der Waals surface area contributed by atoms with Crippen molar-refractivity contribution in [2.24, 2.45) is 11.8 Å². The Morgan fingerprint density at radius 3 is 2.85 bits per heavy atom. The maximum atomic E-state index is 6.29. The van der Waals surface area contributed by atoms with Crippen molar-refractivity contribution in [2.45, 2.75) is 56.6 Å². The van der Waals surface area contributed by atoms with Crippen molar-refractivity contribution in [3.63, 3.8) is 0 Å². The Hall–Kier alpha value is -0.130. The van der Waals surface area contributed by atoms with Gasteiger partial charge in [0.05, 0.1) is 16.7 Å². The normalized spacial score (nSPS) is 27.6. The Bertz CT molecular complexity index is 439. The number of nitrogens with two attached hydrogens (primary N) is 1. The van der Waals surface area contributed by atoms with Crippen LogP contribution in [-0.2, 0) is 4.74 Å². The van der Waals surface area contributed by atoms with E-state index >= 15 is 0 Å². The van der Waals surface area contributed by atoms with Crippen LogP contribution < -0.4 is 11.3 Å². The third kappa shape index (κ3) is 2.90. The van der Waals surface area contributed by atoms with Crippen molar-refractivity contribution in [1.29, 1.82) is 0 Å². The lowest BCUT2D eigenvalue weighted by Crippen LogP contribution is -2.45. The summed E-state index contributed by atoms with van der Waals surface area (Å²) < 4.78 is 6.18. The lowest BCUT2D eigenvalue weighted by molar-refractivity contribution is -0.122. The second kappa shape index (κ2) is 6.32. The van der Waals surface area contributed by atoms with Gasteiger partial charge in [-0.2, -0.15) is 0 Å². The number of nitrogens with one attached hydrogen (secondary N) is 1. The van der Waals surface area contributed by atoms with Gasteiger partial charge in [-0.1, -0.05) is 30.9 Å². The van der Waals surface area contributed by atoms with Crippen LogP contribution in [0.2, 0.25) is 5.02 Å². The molecule has 2 fully saturated rings. The second-order valence-corrected chi connectivity index (χ2v) is 7.48. The highest BCUT2D eigenvalue weighted by Gasteiger charge is 2.41. The van der Waals surface area contributed by atoms with Gasteiger partial charge in [0.25, 0.3) is 0 Å². The summed E-state index contributed by atoms with van der Waals surface area (Å²) in [6.07, 6.45) is 8.53. The van der Waals surface area contributed by atoms with Crippen molar-refractivity contribution in [3.8, 4) is 0 Å². The van der Waals surface area contributed by atoms with E-state index in [-0.39, 0.29) is 11.6 Å². The maximum absolute atomic E-state index is 6.29. The molecular weight excluding hydrogens is 292 g/mol. The molecule has 1 aliphatic heterocycles. The van der Waals surface area contributed by atoms with Crippen LogP contribution in [0.15, 0.2) is 11.4 Å². The average Bonchev–Trinajstić information content (AvgIpc) is 2.87. The fourth-order valence-electron chi connectivity index (χ4n) is 3.85. The molecule has 3 rings (SSSR count). The summed E-state index contributed by atoms with van der Waals surface area (Å²) in [6, 6.07) is 2.12. The molecule has 3 nitrogen and oxygen atoms in total. The summed E-state index contributed by atoms with van der Waals surface area (Å²) >= 11 is 7.99. The minimum atomic E-state index is 0.111. The maximum Gasteiger partial charge on any atom is 0.0686 e. The van der Waals surface area contributed by atoms with Crippen LogP contribution in [0.5, 0.6) is 0 Å². The summed E-state index contributed by atoms with van der Waals surface area (Å²) in [4.78, 5) is 1.17. The highest BCUT2D eigenvalue weighted by molar-refractivity contribution is 7.10. The molecule has 1 aromatic rings. The predicted molar refractivity (Wildman–Crippen MR) is 83.9 cm³/mol. The van der Waals surface area contributed by atoms with Crippen LogP contribution in [-0.4, -0.2) is 12.2 Å². The van der Waals surface area contributed by atoms with E-state index in [4.69, 9.17) is 22.2 Å². The Labute approximate surface area is 129 Å². The molecule has 112 valence electrons. The minimum absolute atomic E-state index is 0.111. The molecule has 1 saturated carbocycles. The second-order valence-electron chi connectivity index (χ2n) is 6.12. The zero-order chi connectivity index (χ0) is 14.0. The van der Waals surface area contributed by atoms with Gasteiger partial charge in [-0.3, -0.25) is 11.3 Å². The van der Waals surface area contributed by atoms with E-state index in [0.29, 0.717) is 5.92 Å². The summed E-state index contributed by atoms with van der Waals surface area (Å²) in [5, 5.41) is 2.87. The molecule has 2 atom stereocenters. The van der Waals surface area contributed by atoms with Crippen LogP contribution in [0.4, 0.5) is 0 Å². The SMILES string of the molecule is NNC(c1sccc1Cl)C1CCOC2(CCCCC2)C1. The van der Waals surface area contributed by atoms with E-state index in [9.17, 15) is 0 Å². The lowest BCUT2D eigenvalue weighted by atomic mass is 9.74. The standard InChI is InChI=1S/C15H23ClN2OS/c16-12-5-9-20-14(12)13(18-17)11-4-8-19-15(10-11)6-2-1-3-7-15/h5,9,11,13,18H,1-4,6-8,10,17H2. The average molecular weight is 315 g/mol. The first-order valence-corrected chi connectivity index (χ1v) is 8.83. The van der Waals surface area contributed by atoms with Crippen molar-refractivity contribution in [2.75, 3.05) is 6.61 Å². The van der Waals surface area contributed by atoms with Crippen molar-refractivity contribution < 1.29 is 4.74 Å². The quantitative estimate of drug-likeness (QED) is 0.654. The number of hydrazine groups is 1. The van der Waals surface area contributed by atoms with E-state index in [2.05, 4.69) is 5.43 Å². The summed E-state index contributed by atoms with van der Waals surface area (Å²) in [5.74, 6) is 6.36. The van der Waals surface area contributed by atoms with Gasteiger partial charge in [0.1, 0.15) is 0 Å². The number of rotatable bonds is 3. The fraction of sp³-hybridized carbons (Fsp3) is 0.733. The zero-order valence-electron chi connectivity index (χ0n) is 11.7. The fourth-order valence-corrected chi connectivity index (χ4v) is 5.18. The molecule has 20 heavy (non-hydrogen) atoms. The van der Waals surface area contributed by atoms with Gasteiger partial charge in [0.15, 0.2) is 0 Å². The number of ether oxygens (including phenoxy) is 1. The summed E-state index contributed by atoms with van der Waals surface area (Å²) in [5.41, 5.74) is 3.12. The van der Waals surface area contributed by atoms with Crippen LogP contribution >= 0.6 is 22.9 Å². The molecule has 3 N–H and O–H groups in total. The minimum Gasteiger partial charge on any atom is -0.375 e. The number of hydrogen-bond donors (Lipinski definition) is 2. The molecule has 1 spiro atoms. The lowest BCUT2D eigenvalue weighted by Gasteiger charge is -2.45. The van der Waals surface area contributed by atoms with Crippen LogP contribution in [0.25, 0.3) is 0 Å². The van der Waals surface area contributed by atoms with Crippen molar-refractivity contribution >= 4 is 22.9 Å². The highest BCUT2D eigenvalue weighted by Crippen LogP contribution is 2.45. The van der Waals surface area contributed by atoms with Gasteiger partial charge in [0, 0.05) is 11.5 Å². The topological polar surface area (TPSA) is 47.3 Å². The zero-order valence-corrected chi connectivity index (χ0v) is 13.3.